The molecule has 2 heterocycles. The summed E-state index contributed by atoms with van der Waals surface area (Å²) in [5, 5.41) is 3.37. The van der Waals surface area contributed by atoms with Gasteiger partial charge in [0.05, 0.1) is 11.5 Å². The van der Waals surface area contributed by atoms with Crippen LogP contribution in [0.3, 0.4) is 0 Å². The fraction of sp³-hybridized carbons (Fsp3) is 0.550. The molecule has 2 aliphatic heterocycles. The summed E-state index contributed by atoms with van der Waals surface area (Å²) in [6, 6.07) is 10.5. The van der Waals surface area contributed by atoms with Gasteiger partial charge in [0.2, 0.25) is 0 Å². The molecule has 2 aliphatic rings. The Bertz CT molecular complexity index is 747. The number of sulfone groups is 1. The van der Waals surface area contributed by atoms with Crippen molar-refractivity contribution in [1.82, 2.24) is 10.2 Å². The first-order valence-corrected chi connectivity index (χ1v) is 11.4. The van der Waals surface area contributed by atoms with Crippen LogP contribution in [0.2, 0.25) is 0 Å². The molecule has 0 bridgehead atoms. The van der Waals surface area contributed by atoms with Crippen LogP contribution in [-0.2, 0) is 9.84 Å². The van der Waals surface area contributed by atoms with E-state index in [1.807, 2.05) is 6.07 Å². The summed E-state index contributed by atoms with van der Waals surface area (Å²) in [7, 11) is -2.83. The lowest BCUT2D eigenvalue weighted by Gasteiger charge is -2.31. The van der Waals surface area contributed by atoms with Gasteiger partial charge in [0.25, 0.3) is 0 Å². The maximum Gasteiger partial charge on any atom is 0.193 e. The van der Waals surface area contributed by atoms with E-state index in [1.54, 1.807) is 0 Å². The van der Waals surface area contributed by atoms with E-state index in [1.165, 1.54) is 11.1 Å². The van der Waals surface area contributed by atoms with Crippen molar-refractivity contribution in [3.63, 3.8) is 0 Å². The van der Waals surface area contributed by atoms with Gasteiger partial charge in [-0.1, -0.05) is 42.0 Å². The lowest BCUT2D eigenvalue weighted by atomic mass is 10.0. The Morgan fingerprint density at radius 3 is 2.62 bits per heavy atom. The first kappa shape index (κ1) is 19.0. The smallest absolute Gasteiger partial charge is 0.193 e. The van der Waals surface area contributed by atoms with Gasteiger partial charge < -0.3 is 10.2 Å². The molecule has 2 saturated heterocycles. The highest BCUT2D eigenvalue weighted by Gasteiger charge is 2.28. The number of aliphatic imine (C=N–C) groups is 1. The van der Waals surface area contributed by atoms with Crippen LogP contribution in [0.25, 0.3) is 6.08 Å². The summed E-state index contributed by atoms with van der Waals surface area (Å²) in [6.45, 7) is 5.40. The van der Waals surface area contributed by atoms with Gasteiger partial charge in [-0.05, 0) is 37.7 Å². The second-order valence-electron chi connectivity index (χ2n) is 7.16. The van der Waals surface area contributed by atoms with E-state index in [-0.39, 0.29) is 5.92 Å². The Morgan fingerprint density at radius 1 is 1.27 bits per heavy atom. The molecular weight excluding hydrogens is 346 g/mol. The van der Waals surface area contributed by atoms with Gasteiger partial charge >= 0.3 is 0 Å². The molecule has 142 valence electrons. The van der Waals surface area contributed by atoms with Crippen molar-refractivity contribution >= 4 is 21.9 Å². The second kappa shape index (κ2) is 8.71. The number of nitrogens with zero attached hydrogens (tertiary/aromatic N) is 2. The largest absolute Gasteiger partial charge is 0.357 e. The minimum Gasteiger partial charge on any atom is -0.357 e. The number of hydrogen-bond donors (Lipinski definition) is 1. The molecule has 0 saturated carbocycles. The Hall–Kier alpha value is -1.82. The zero-order valence-corrected chi connectivity index (χ0v) is 16.3. The number of hydrogen-bond acceptors (Lipinski definition) is 3. The van der Waals surface area contributed by atoms with Crippen molar-refractivity contribution in [2.45, 2.75) is 26.2 Å². The first-order valence-electron chi connectivity index (χ1n) is 9.54. The molecule has 26 heavy (non-hydrogen) atoms. The van der Waals surface area contributed by atoms with Crippen molar-refractivity contribution in [3.05, 3.63) is 41.5 Å². The van der Waals surface area contributed by atoms with E-state index >= 15 is 0 Å². The number of likely N-dealkylation sites (tertiary alicyclic amines) is 1. The monoisotopic (exact) mass is 375 g/mol. The van der Waals surface area contributed by atoms with Gasteiger partial charge in [-0.15, -0.1) is 0 Å². The number of benzene rings is 1. The quantitative estimate of drug-likeness (QED) is 0.649. The van der Waals surface area contributed by atoms with Gasteiger partial charge in [0.15, 0.2) is 15.8 Å². The van der Waals surface area contributed by atoms with Gasteiger partial charge in [-0.25, -0.2) is 8.42 Å². The predicted molar refractivity (Wildman–Crippen MR) is 108 cm³/mol. The maximum atomic E-state index is 11.6. The molecule has 1 unspecified atom stereocenters. The molecular formula is C20H29N3O2S. The molecule has 0 radical (unpaired) electrons. The van der Waals surface area contributed by atoms with E-state index in [2.05, 4.69) is 47.5 Å². The predicted octanol–water partition coefficient (Wildman–Crippen LogP) is 2.57. The van der Waals surface area contributed by atoms with E-state index < -0.39 is 9.84 Å². The second-order valence-corrected chi connectivity index (χ2v) is 9.39. The third-order valence-electron chi connectivity index (χ3n) is 5.04. The van der Waals surface area contributed by atoms with Gasteiger partial charge in [-0.2, -0.15) is 0 Å². The summed E-state index contributed by atoms with van der Waals surface area (Å²) in [5.74, 6) is 1.71. The van der Waals surface area contributed by atoms with Crippen molar-refractivity contribution in [2.24, 2.45) is 10.9 Å². The van der Waals surface area contributed by atoms with Crippen LogP contribution in [-0.4, -0.2) is 57.0 Å². The fourth-order valence-electron chi connectivity index (χ4n) is 3.59. The molecule has 1 aromatic carbocycles. The maximum absolute atomic E-state index is 11.6. The molecule has 3 rings (SSSR count). The summed E-state index contributed by atoms with van der Waals surface area (Å²) in [5.41, 5.74) is 2.74. The van der Waals surface area contributed by atoms with Crippen LogP contribution in [0, 0.1) is 5.92 Å². The van der Waals surface area contributed by atoms with Crippen molar-refractivity contribution in [3.8, 4) is 0 Å². The van der Waals surface area contributed by atoms with Gasteiger partial charge in [-0.3, -0.25) is 4.99 Å². The molecule has 0 aliphatic carbocycles. The number of piperidine rings is 1. The topological polar surface area (TPSA) is 61.8 Å². The van der Waals surface area contributed by atoms with Crippen LogP contribution in [0.15, 0.2) is 40.9 Å². The zero-order valence-electron chi connectivity index (χ0n) is 15.5. The van der Waals surface area contributed by atoms with Gasteiger partial charge in [0.1, 0.15) is 0 Å². The third kappa shape index (κ3) is 5.34. The molecule has 1 aromatic rings. The van der Waals surface area contributed by atoms with Crippen molar-refractivity contribution in [2.75, 3.05) is 37.7 Å². The molecule has 0 amide bonds. The normalized spacial score (nSPS) is 23.1. The number of guanidine groups is 1. The average Bonchev–Trinajstić information content (AvgIpc) is 2.99. The molecule has 5 nitrogen and oxygen atoms in total. The van der Waals surface area contributed by atoms with Crippen LogP contribution < -0.4 is 5.32 Å². The highest BCUT2D eigenvalue weighted by molar-refractivity contribution is 7.91. The Labute approximate surface area is 157 Å². The zero-order chi connectivity index (χ0) is 18.4. The summed E-state index contributed by atoms with van der Waals surface area (Å²) in [6.07, 6.45) is 5.12. The molecule has 1 N–H and O–H groups in total. The molecule has 2 fully saturated rings. The first-order chi connectivity index (χ1) is 12.6. The molecule has 0 aromatic heterocycles. The summed E-state index contributed by atoms with van der Waals surface area (Å²) in [4.78, 5) is 7.04. The van der Waals surface area contributed by atoms with E-state index in [0.717, 1.165) is 44.9 Å². The Morgan fingerprint density at radius 2 is 2.00 bits per heavy atom. The highest BCUT2D eigenvalue weighted by Crippen LogP contribution is 2.21. The lowest BCUT2D eigenvalue weighted by Crippen LogP contribution is -2.44. The van der Waals surface area contributed by atoms with Crippen LogP contribution in [0.1, 0.15) is 31.7 Å². The highest BCUT2D eigenvalue weighted by atomic mass is 32.2. The van der Waals surface area contributed by atoms with Crippen LogP contribution in [0.5, 0.6) is 0 Å². The summed E-state index contributed by atoms with van der Waals surface area (Å²) < 4.78 is 23.2. The average molecular weight is 376 g/mol. The van der Waals surface area contributed by atoms with E-state index in [9.17, 15) is 8.42 Å². The van der Waals surface area contributed by atoms with E-state index in [0.29, 0.717) is 18.1 Å². The van der Waals surface area contributed by atoms with Crippen molar-refractivity contribution in [1.29, 1.82) is 0 Å². The minimum absolute atomic E-state index is 0.173. The molecule has 0 spiro atoms. The fourth-order valence-corrected chi connectivity index (χ4v) is 5.44. The summed E-state index contributed by atoms with van der Waals surface area (Å²) >= 11 is 0. The lowest BCUT2D eigenvalue weighted by molar-refractivity contribution is 0.374. The molecule has 6 heteroatoms. The SMILES string of the molecule is CCNC(=NCC1CCS(=O)(=O)C1)N1CCC(=Cc2ccccc2)CC1. The number of rotatable bonds is 4. The third-order valence-corrected chi connectivity index (χ3v) is 6.87. The Kier molecular flexibility index (Phi) is 6.35. The minimum atomic E-state index is -2.83. The van der Waals surface area contributed by atoms with E-state index in [4.69, 9.17) is 4.99 Å². The standard InChI is InChI=1S/C20H29N3O2S/c1-2-21-20(22-15-19-10-13-26(24,25)16-19)23-11-8-18(9-12-23)14-17-6-4-3-5-7-17/h3-7,14,19H,2,8-13,15-16H2,1H3,(H,21,22). The van der Waals surface area contributed by atoms with Crippen LogP contribution in [0.4, 0.5) is 0 Å². The van der Waals surface area contributed by atoms with Gasteiger partial charge in [0, 0.05) is 26.2 Å². The Balaban J connectivity index is 1.58. The molecule has 1 atom stereocenters. The van der Waals surface area contributed by atoms with Crippen LogP contribution >= 0.6 is 0 Å². The van der Waals surface area contributed by atoms with Crippen molar-refractivity contribution < 1.29 is 8.42 Å². The number of nitrogens with one attached hydrogen (secondary N) is 1.